The number of nitrogens with zero attached hydrogens (tertiary/aromatic N) is 2. The highest BCUT2D eigenvalue weighted by Gasteiger charge is 2.32. The predicted octanol–water partition coefficient (Wildman–Crippen LogP) is 2.92. The summed E-state index contributed by atoms with van der Waals surface area (Å²) in [5.41, 5.74) is 2.87. The van der Waals surface area contributed by atoms with E-state index in [1.165, 1.54) is 0 Å². The number of pyridine rings is 1. The number of aromatic amines is 1. The lowest BCUT2D eigenvalue weighted by atomic mass is 9.94. The molecule has 3 heterocycles. The molecule has 6 heteroatoms. The lowest BCUT2D eigenvalue weighted by Gasteiger charge is -2.34. The second-order valence-corrected chi connectivity index (χ2v) is 7.10. The van der Waals surface area contributed by atoms with Crippen molar-refractivity contribution in [3.63, 3.8) is 0 Å². The second-order valence-electron chi connectivity index (χ2n) is 7.10. The summed E-state index contributed by atoms with van der Waals surface area (Å²) >= 11 is 0. The Morgan fingerprint density at radius 3 is 2.88 bits per heavy atom. The SMILES string of the molecule is Cc1cc(C2CCCCN2C(=O)c2cc3c([nH]c2=O)CCCC3)no1. The third kappa shape index (κ3) is 3.01. The number of amides is 1. The van der Waals surface area contributed by atoms with Crippen molar-refractivity contribution in [1.29, 1.82) is 0 Å². The van der Waals surface area contributed by atoms with E-state index in [1.54, 1.807) is 4.90 Å². The van der Waals surface area contributed by atoms with Gasteiger partial charge in [0.2, 0.25) is 0 Å². The number of H-pyrrole nitrogens is 1. The van der Waals surface area contributed by atoms with Gasteiger partial charge < -0.3 is 14.4 Å². The Morgan fingerprint density at radius 1 is 1.24 bits per heavy atom. The molecule has 1 saturated heterocycles. The van der Waals surface area contributed by atoms with E-state index in [4.69, 9.17) is 4.52 Å². The van der Waals surface area contributed by atoms with Crippen molar-refractivity contribution >= 4 is 5.91 Å². The third-order valence-corrected chi connectivity index (χ3v) is 5.32. The van der Waals surface area contributed by atoms with Crippen molar-refractivity contribution in [2.75, 3.05) is 6.54 Å². The molecule has 1 aliphatic heterocycles. The molecule has 0 aromatic carbocycles. The van der Waals surface area contributed by atoms with E-state index in [2.05, 4.69) is 10.1 Å². The van der Waals surface area contributed by atoms with Crippen molar-refractivity contribution in [3.05, 3.63) is 50.8 Å². The minimum absolute atomic E-state index is 0.117. The fourth-order valence-electron chi connectivity index (χ4n) is 4.01. The zero-order valence-corrected chi connectivity index (χ0v) is 14.5. The maximum absolute atomic E-state index is 13.1. The van der Waals surface area contributed by atoms with E-state index in [1.807, 2.05) is 19.1 Å². The molecule has 1 unspecified atom stereocenters. The molecule has 0 radical (unpaired) electrons. The van der Waals surface area contributed by atoms with E-state index in [0.717, 1.165) is 67.7 Å². The summed E-state index contributed by atoms with van der Waals surface area (Å²) in [4.78, 5) is 30.4. The van der Waals surface area contributed by atoms with E-state index >= 15 is 0 Å². The van der Waals surface area contributed by atoms with Crippen molar-refractivity contribution in [3.8, 4) is 0 Å². The molecule has 2 aromatic heterocycles. The lowest BCUT2D eigenvalue weighted by molar-refractivity contribution is 0.0600. The second kappa shape index (κ2) is 6.50. The number of aryl methyl sites for hydroxylation is 3. The summed E-state index contributed by atoms with van der Waals surface area (Å²) in [7, 11) is 0. The van der Waals surface area contributed by atoms with Crippen LogP contribution in [-0.4, -0.2) is 27.5 Å². The minimum Gasteiger partial charge on any atom is -0.361 e. The number of carbonyl (C=O) groups excluding carboxylic acids is 1. The highest BCUT2D eigenvalue weighted by molar-refractivity contribution is 5.94. The molecule has 0 bridgehead atoms. The molecule has 6 nitrogen and oxygen atoms in total. The maximum atomic E-state index is 13.1. The quantitative estimate of drug-likeness (QED) is 0.911. The monoisotopic (exact) mass is 341 g/mol. The van der Waals surface area contributed by atoms with E-state index < -0.39 is 0 Å². The number of hydrogen-bond acceptors (Lipinski definition) is 4. The van der Waals surface area contributed by atoms with E-state index in [-0.39, 0.29) is 23.1 Å². The third-order valence-electron chi connectivity index (χ3n) is 5.32. The molecule has 0 saturated carbocycles. The van der Waals surface area contributed by atoms with Crippen molar-refractivity contribution in [1.82, 2.24) is 15.0 Å². The molecular weight excluding hydrogens is 318 g/mol. The highest BCUT2D eigenvalue weighted by Crippen LogP contribution is 2.31. The summed E-state index contributed by atoms with van der Waals surface area (Å²) in [6.45, 7) is 2.49. The van der Waals surface area contributed by atoms with Crippen molar-refractivity contribution in [2.45, 2.75) is 57.9 Å². The maximum Gasteiger partial charge on any atom is 0.261 e. The lowest BCUT2D eigenvalue weighted by Crippen LogP contribution is -2.41. The average molecular weight is 341 g/mol. The Labute approximate surface area is 146 Å². The van der Waals surface area contributed by atoms with Gasteiger partial charge in [-0.3, -0.25) is 9.59 Å². The van der Waals surface area contributed by atoms with Gasteiger partial charge in [-0.05, 0) is 63.5 Å². The van der Waals surface area contributed by atoms with Gasteiger partial charge in [-0.25, -0.2) is 0 Å². The molecule has 1 fully saturated rings. The van der Waals surface area contributed by atoms with Gasteiger partial charge in [0.25, 0.3) is 11.5 Å². The molecule has 1 atom stereocenters. The zero-order valence-electron chi connectivity index (χ0n) is 14.5. The summed E-state index contributed by atoms with van der Waals surface area (Å²) in [5, 5.41) is 4.10. The summed E-state index contributed by atoms with van der Waals surface area (Å²) in [5.74, 6) is 0.541. The highest BCUT2D eigenvalue weighted by atomic mass is 16.5. The van der Waals surface area contributed by atoms with Crippen LogP contribution in [0.1, 0.15) is 71.2 Å². The Morgan fingerprint density at radius 2 is 2.08 bits per heavy atom. The number of piperidine rings is 1. The van der Waals surface area contributed by atoms with Gasteiger partial charge in [0.05, 0.1) is 6.04 Å². The number of carbonyl (C=O) groups is 1. The Balaban J connectivity index is 1.68. The molecule has 1 N–H and O–H groups in total. The van der Waals surface area contributed by atoms with Gasteiger partial charge in [0.15, 0.2) is 0 Å². The largest absolute Gasteiger partial charge is 0.361 e. The van der Waals surface area contributed by atoms with Gasteiger partial charge in [-0.2, -0.15) is 0 Å². The fourth-order valence-corrected chi connectivity index (χ4v) is 4.01. The smallest absolute Gasteiger partial charge is 0.261 e. The molecular formula is C19H23N3O3. The van der Waals surface area contributed by atoms with Gasteiger partial charge in [-0.1, -0.05) is 5.16 Å². The van der Waals surface area contributed by atoms with Crippen LogP contribution in [-0.2, 0) is 12.8 Å². The number of likely N-dealkylation sites (tertiary alicyclic amines) is 1. The first-order chi connectivity index (χ1) is 12.1. The number of hydrogen-bond donors (Lipinski definition) is 1. The molecule has 1 aliphatic carbocycles. The number of fused-ring (bicyclic) bond motifs is 1. The van der Waals surface area contributed by atoms with Crippen LogP contribution in [0.4, 0.5) is 0 Å². The Bertz CT molecular complexity index is 852. The van der Waals surface area contributed by atoms with Crippen molar-refractivity contribution < 1.29 is 9.32 Å². The summed E-state index contributed by atoms with van der Waals surface area (Å²) in [6.07, 6.45) is 6.86. The van der Waals surface area contributed by atoms with Crippen LogP contribution in [0.3, 0.4) is 0 Å². The molecule has 0 spiro atoms. The first-order valence-corrected chi connectivity index (χ1v) is 9.13. The topological polar surface area (TPSA) is 79.2 Å². The van der Waals surface area contributed by atoms with Crippen LogP contribution in [0, 0.1) is 6.92 Å². The van der Waals surface area contributed by atoms with Crippen LogP contribution in [0.5, 0.6) is 0 Å². The van der Waals surface area contributed by atoms with Crippen LogP contribution in [0.15, 0.2) is 21.5 Å². The van der Waals surface area contributed by atoms with Crippen LogP contribution >= 0.6 is 0 Å². The first kappa shape index (κ1) is 16.1. The first-order valence-electron chi connectivity index (χ1n) is 9.13. The number of nitrogens with one attached hydrogen (secondary N) is 1. The molecule has 4 rings (SSSR count). The number of rotatable bonds is 2. The Hall–Kier alpha value is -2.37. The van der Waals surface area contributed by atoms with Gasteiger partial charge in [0, 0.05) is 18.3 Å². The van der Waals surface area contributed by atoms with Crippen LogP contribution in [0.2, 0.25) is 0 Å². The fraction of sp³-hybridized carbons (Fsp3) is 0.526. The van der Waals surface area contributed by atoms with E-state index in [9.17, 15) is 9.59 Å². The van der Waals surface area contributed by atoms with Crippen molar-refractivity contribution in [2.24, 2.45) is 0 Å². The minimum atomic E-state index is -0.272. The zero-order chi connectivity index (χ0) is 17.4. The molecule has 2 aromatic rings. The average Bonchev–Trinajstić information content (AvgIpc) is 3.07. The van der Waals surface area contributed by atoms with Gasteiger partial charge in [-0.15, -0.1) is 0 Å². The van der Waals surface area contributed by atoms with E-state index in [0.29, 0.717) is 6.54 Å². The Kier molecular flexibility index (Phi) is 4.19. The molecule has 2 aliphatic rings. The standard InChI is InChI=1S/C19H23N3O3/c1-12-10-16(21-25-12)17-8-4-5-9-22(17)19(24)14-11-13-6-2-3-7-15(13)20-18(14)23/h10-11,17H,2-9H2,1H3,(H,20,23). The molecule has 1 amide bonds. The van der Waals surface area contributed by atoms with Crippen LogP contribution < -0.4 is 5.56 Å². The van der Waals surface area contributed by atoms with Gasteiger partial charge >= 0.3 is 0 Å². The molecule has 132 valence electrons. The molecule has 25 heavy (non-hydrogen) atoms. The predicted molar refractivity (Wildman–Crippen MR) is 92.6 cm³/mol. The van der Waals surface area contributed by atoms with Gasteiger partial charge in [0.1, 0.15) is 17.0 Å². The van der Waals surface area contributed by atoms with Crippen LogP contribution in [0.25, 0.3) is 0 Å². The normalized spacial score (nSPS) is 20.4. The number of aromatic nitrogens is 2. The summed E-state index contributed by atoms with van der Waals surface area (Å²) < 4.78 is 5.19. The summed E-state index contributed by atoms with van der Waals surface area (Å²) in [6, 6.07) is 3.58.